The molecule has 2 aliphatic rings. The second-order valence-corrected chi connectivity index (χ2v) is 7.44. The summed E-state index contributed by atoms with van der Waals surface area (Å²) in [4.78, 5) is 4.44. The highest BCUT2D eigenvalue weighted by Gasteiger charge is 2.40. The van der Waals surface area contributed by atoms with Crippen LogP contribution in [-0.4, -0.2) is 26.3 Å². The molecule has 0 unspecified atom stereocenters. The Morgan fingerprint density at radius 2 is 2.17 bits per heavy atom. The van der Waals surface area contributed by atoms with Crippen LogP contribution in [0.3, 0.4) is 0 Å². The molecule has 0 spiro atoms. The molecule has 0 aliphatic heterocycles. The minimum absolute atomic E-state index is 0.128. The van der Waals surface area contributed by atoms with Crippen LogP contribution >= 0.6 is 11.6 Å². The van der Waals surface area contributed by atoms with Crippen molar-refractivity contribution in [2.75, 3.05) is 11.9 Å². The Kier molecular flexibility index (Phi) is 3.76. The molecule has 0 saturated heterocycles. The van der Waals surface area contributed by atoms with Gasteiger partial charge in [-0.15, -0.1) is 10.2 Å². The molecule has 4 rings (SSSR count). The van der Waals surface area contributed by atoms with Crippen molar-refractivity contribution in [3.8, 4) is 0 Å². The largest absolute Gasteiger partial charge is 0.370 e. The van der Waals surface area contributed by atoms with Gasteiger partial charge in [-0.3, -0.25) is 0 Å². The highest BCUT2D eigenvalue weighted by molar-refractivity contribution is 6.29. The Morgan fingerprint density at radius 3 is 2.78 bits per heavy atom. The Hall–Kier alpha value is -1.62. The summed E-state index contributed by atoms with van der Waals surface area (Å²) in [5.41, 5.74) is 1.41. The molecule has 0 bridgehead atoms. The van der Waals surface area contributed by atoms with Gasteiger partial charge in [-0.1, -0.05) is 18.0 Å². The van der Waals surface area contributed by atoms with Gasteiger partial charge in [0, 0.05) is 25.4 Å². The van der Waals surface area contributed by atoms with E-state index in [1.54, 1.807) is 6.33 Å². The molecule has 6 heteroatoms. The number of nitrogens with one attached hydrogen (secondary N) is 1. The predicted octanol–water partition coefficient (Wildman–Crippen LogP) is 3.35. The molecular formula is C17H22ClN5. The summed E-state index contributed by atoms with van der Waals surface area (Å²) in [6.07, 6.45) is 8.93. The zero-order valence-electron chi connectivity index (χ0n) is 13.4. The van der Waals surface area contributed by atoms with Crippen LogP contribution in [0.25, 0.3) is 0 Å². The summed E-state index contributed by atoms with van der Waals surface area (Å²) in [6, 6.07) is 4.21. The van der Waals surface area contributed by atoms with E-state index in [0.717, 1.165) is 30.5 Å². The van der Waals surface area contributed by atoms with Crippen LogP contribution in [-0.2, 0) is 18.9 Å². The minimum Gasteiger partial charge on any atom is -0.370 e. The van der Waals surface area contributed by atoms with Crippen molar-refractivity contribution in [3.05, 3.63) is 35.0 Å². The second-order valence-electron chi connectivity index (χ2n) is 7.06. The van der Waals surface area contributed by atoms with Gasteiger partial charge in [0.25, 0.3) is 0 Å². The van der Waals surface area contributed by atoms with E-state index in [0.29, 0.717) is 5.15 Å². The van der Waals surface area contributed by atoms with E-state index in [1.807, 2.05) is 17.7 Å². The first-order valence-corrected chi connectivity index (χ1v) is 8.77. The van der Waals surface area contributed by atoms with Gasteiger partial charge < -0.3 is 9.88 Å². The fraction of sp³-hybridized carbons (Fsp3) is 0.588. The van der Waals surface area contributed by atoms with Crippen LogP contribution in [0.1, 0.15) is 43.5 Å². The Bertz CT molecular complexity index is 703. The van der Waals surface area contributed by atoms with Gasteiger partial charge in [0.05, 0.1) is 0 Å². The lowest BCUT2D eigenvalue weighted by Crippen LogP contribution is -2.37. The summed E-state index contributed by atoms with van der Waals surface area (Å²) < 4.78 is 2.01. The molecule has 5 nitrogen and oxygen atoms in total. The van der Waals surface area contributed by atoms with Gasteiger partial charge in [-0.25, -0.2) is 4.98 Å². The summed E-state index contributed by atoms with van der Waals surface area (Å²) in [6.45, 7) is 1.00. The molecule has 2 heterocycles. The topological polar surface area (TPSA) is 55.6 Å². The lowest BCUT2D eigenvalue weighted by Gasteiger charge is -2.42. The highest BCUT2D eigenvalue weighted by Crippen LogP contribution is 2.47. The number of hydrogen-bond donors (Lipinski definition) is 1. The lowest BCUT2D eigenvalue weighted by molar-refractivity contribution is 0.235. The normalized spacial score (nSPS) is 19.4. The zero-order chi connectivity index (χ0) is 15.9. The maximum atomic E-state index is 6.30. The first-order valence-electron chi connectivity index (χ1n) is 8.39. The Morgan fingerprint density at radius 1 is 1.35 bits per heavy atom. The maximum Gasteiger partial charge on any atom is 0.133 e. The van der Waals surface area contributed by atoms with Crippen LogP contribution < -0.4 is 5.32 Å². The molecule has 0 atom stereocenters. The quantitative estimate of drug-likeness (QED) is 0.825. The summed E-state index contributed by atoms with van der Waals surface area (Å²) >= 11 is 6.30. The van der Waals surface area contributed by atoms with Gasteiger partial charge >= 0.3 is 0 Å². The van der Waals surface area contributed by atoms with E-state index < -0.39 is 0 Å². The standard InChI is InChI=1S/C17H22ClN5/c1-23-11-20-22-16(23)9-17(5-2-6-17)13-7-14(18)21-15(8-13)19-10-12-3-4-12/h7-8,11-12H,2-6,9-10H2,1H3,(H,19,21). The van der Waals surface area contributed by atoms with Gasteiger partial charge in [0.15, 0.2) is 0 Å². The molecule has 0 aromatic carbocycles. The fourth-order valence-electron chi connectivity index (χ4n) is 3.41. The predicted molar refractivity (Wildman–Crippen MR) is 90.7 cm³/mol. The van der Waals surface area contributed by atoms with Crippen molar-refractivity contribution in [2.45, 2.75) is 43.9 Å². The summed E-state index contributed by atoms with van der Waals surface area (Å²) in [5.74, 6) is 2.75. The maximum absolute atomic E-state index is 6.30. The first-order chi connectivity index (χ1) is 11.1. The van der Waals surface area contributed by atoms with E-state index in [-0.39, 0.29) is 5.41 Å². The minimum atomic E-state index is 0.128. The van der Waals surface area contributed by atoms with Gasteiger partial charge in [-0.05, 0) is 49.3 Å². The molecule has 2 aromatic heterocycles. The molecular weight excluding hydrogens is 310 g/mol. The number of halogens is 1. The second kappa shape index (κ2) is 5.78. The molecule has 2 aromatic rings. The Balaban J connectivity index is 1.59. The van der Waals surface area contributed by atoms with Gasteiger partial charge in [-0.2, -0.15) is 0 Å². The third-order valence-corrected chi connectivity index (χ3v) is 5.48. The molecule has 2 saturated carbocycles. The van der Waals surface area contributed by atoms with Gasteiger partial charge in [0.2, 0.25) is 0 Å². The number of hydrogen-bond acceptors (Lipinski definition) is 4. The van der Waals surface area contributed by atoms with Crippen molar-refractivity contribution in [1.29, 1.82) is 0 Å². The highest BCUT2D eigenvalue weighted by atomic mass is 35.5. The number of pyridine rings is 1. The van der Waals surface area contributed by atoms with E-state index >= 15 is 0 Å². The molecule has 23 heavy (non-hydrogen) atoms. The number of rotatable bonds is 6. The lowest BCUT2D eigenvalue weighted by atomic mass is 9.62. The average molecular weight is 332 g/mol. The van der Waals surface area contributed by atoms with Crippen molar-refractivity contribution < 1.29 is 0 Å². The van der Waals surface area contributed by atoms with Crippen molar-refractivity contribution in [1.82, 2.24) is 19.7 Å². The summed E-state index contributed by atoms with van der Waals surface area (Å²) in [7, 11) is 2.00. The molecule has 2 fully saturated rings. The van der Waals surface area contributed by atoms with Crippen LogP contribution in [0.15, 0.2) is 18.5 Å². The number of anilines is 1. The summed E-state index contributed by atoms with van der Waals surface area (Å²) in [5, 5.41) is 12.3. The van der Waals surface area contributed by atoms with E-state index in [9.17, 15) is 0 Å². The van der Waals surface area contributed by atoms with Gasteiger partial charge in [0.1, 0.15) is 23.1 Å². The first kappa shape index (κ1) is 14.9. The average Bonchev–Trinajstić information content (AvgIpc) is 3.23. The van der Waals surface area contributed by atoms with Crippen LogP contribution in [0.5, 0.6) is 0 Å². The number of aromatic nitrogens is 4. The van der Waals surface area contributed by atoms with Crippen LogP contribution in [0.2, 0.25) is 5.15 Å². The van der Waals surface area contributed by atoms with Crippen molar-refractivity contribution >= 4 is 17.4 Å². The van der Waals surface area contributed by atoms with Crippen LogP contribution in [0, 0.1) is 5.92 Å². The van der Waals surface area contributed by atoms with Crippen molar-refractivity contribution in [2.24, 2.45) is 13.0 Å². The van der Waals surface area contributed by atoms with Crippen LogP contribution in [0.4, 0.5) is 5.82 Å². The number of aryl methyl sites for hydroxylation is 1. The number of nitrogens with zero attached hydrogens (tertiary/aromatic N) is 4. The Labute approximate surface area is 141 Å². The zero-order valence-corrected chi connectivity index (χ0v) is 14.2. The third-order valence-electron chi connectivity index (χ3n) is 5.29. The molecule has 0 amide bonds. The van der Waals surface area contributed by atoms with E-state index in [4.69, 9.17) is 11.6 Å². The third kappa shape index (κ3) is 3.07. The molecule has 0 radical (unpaired) electrons. The SMILES string of the molecule is Cn1cnnc1CC1(c2cc(Cl)nc(NCC3CC3)c2)CCC1. The van der Waals surface area contributed by atoms with E-state index in [1.165, 1.54) is 37.7 Å². The molecule has 122 valence electrons. The van der Waals surface area contributed by atoms with Crippen molar-refractivity contribution in [3.63, 3.8) is 0 Å². The molecule has 2 aliphatic carbocycles. The fourth-order valence-corrected chi connectivity index (χ4v) is 3.61. The monoisotopic (exact) mass is 331 g/mol. The van der Waals surface area contributed by atoms with E-state index in [2.05, 4.69) is 26.6 Å². The smallest absolute Gasteiger partial charge is 0.133 e. The molecule has 1 N–H and O–H groups in total.